The molecule has 4 nitrogen and oxygen atoms in total. The first-order valence-electron chi connectivity index (χ1n) is 9.61. The summed E-state index contributed by atoms with van der Waals surface area (Å²) in [5.74, 6) is 0.605. The van der Waals surface area contributed by atoms with Gasteiger partial charge in [0.25, 0.3) is 5.91 Å². The fraction of sp³-hybridized carbons (Fsp3) is 0.304. The smallest absolute Gasteiger partial charge is 0.253 e. The van der Waals surface area contributed by atoms with Crippen LogP contribution < -0.4 is 5.32 Å². The SMILES string of the molecule is CN(Cc1ccnc2ccccc12)C(=O)c1ccc([C@H]2CCCNC2)cc1. The molecule has 0 radical (unpaired) electrons. The number of benzene rings is 2. The summed E-state index contributed by atoms with van der Waals surface area (Å²) < 4.78 is 0. The third kappa shape index (κ3) is 3.86. The van der Waals surface area contributed by atoms with Gasteiger partial charge in [-0.05, 0) is 60.7 Å². The van der Waals surface area contributed by atoms with Gasteiger partial charge in [0.1, 0.15) is 0 Å². The van der Waals surface area contributed by atoms with Gasteiger partial charge in [-0.1, -0.05) is 30.3 Å². The molecule has 1 saturated heterocycles. The fourth-order valence-corrected chi connectivity index (χ4v) is 3.87. The Morgan fingerprint density at radius 3 is 2.74 bits per heavy atom. The van der Waals surface area contributed by atoms with Gasteiger partial charge in [0, 0.05) is 37.3 Å². The van der Waals surface area contributed by atoms with Crippen LogP contribution in [-0.2, 0) is 6.54 Å². The third-order valence-corrected chi connectivity index (χ3v) is 5.42. The second-order valence-electron chi connectivity index (χ2n) is 7.31. The Balaban J connectivity index is 1.48. The number of carbonyl (C=O) groups is 1. The number of piperidine rings is 1. The van der Waals surface area contributed by atoms with E-state index in [1.807, 2.05) is 49.6 Å². The number of nitrogens with one attached hydrogen (secondary N) is 1. The quantitative estimate of drug-likeness (QED) is 0.766. The largest absolute Gasteiger partial charge is 0.337 e. The van der Waals surface area contributed by atoms with Gasteiger partial charge in [0.05, 0.1) is 5.52 Å². The highest BCUT2D eigenvalue weighted by Gasteiger charge is 2.17. The summed E-state index contributed by atoms with van der Waals surface area (Å²) in [6.07, 6.45) is 4.24. The lowest BCUT2D eigenvalue weighted by Crippen LogP contribution is -2.28. The number of hydrogen-bond donors (Lipinski definition) is 1. The molecule has 3 aromatic rings. The lowest BCUT2D eigenvalue weighted by Gasteiger charge is -2.23. The molecule has 1 fully saturated rings. The first kappa shape index (κ1) is 17.7. The number of aromatic nitrogens is 1. The van der Waals surface area contributed by atoms with Gasteiger partial charge in [0.15, 0.2) is 0 Å². The monoisotopic (exact) mass is 359 g/mol. The molecule has 0 spiro atoms. The third-order valence-electron chi connectivity index (χ3n) is 5.42. The zero-order valence-corrected chi connectivity index (χ0v) is 15.7. The van der Waals surface area contributed by atoms with Crippen LogP contribution in [0.5, 0.6) is 0 Å². The van der Waals surface area contributed by atoms with Crippen molar-refractivity contribution in [3.8, 4) is 0 Å². The Morgan fingerprint density at radius 1 is 1.15 bits per heavy atom. The van der Waals surface area contributed by atoms with Gasteiger partial charge in [-0.15, -0.1) is 0 Å². The van der Waals surface area contributed by atoms with E-state index < -0.39 is 0 Å². The summed E-state index contributed by atoms with van der Waals surface area (Å²) in [4.78, 5) is 19.0. The number of para-hydroxylation sites is 1. The van der Waals surface area contributed by atoms with E-state index in [1.165, 1.54) is 18.4 Å². The maximum absolute atomic E-state index is 12.9. The standard InChI is InChI=1S/C23H25N3O/c1-26(16-20-12-14-25-22-7-3-2-6-21(20)22)23(27)18-10-8-17(9-11-18)19-5-4-13-24-15-19/h2-3,6-12,14,19,24H,4-5,13,15-16H2,1H3/t19-/m0/s1. The van der Waals surface area contributed by atoms with Crippen molar-refractivity contribution in [3.05, 3.63) is 77.5 Å². The molecule has 2 heterocycles. The van der Waals surface area contributed by atoms with E-state index in [4.69, 9.17) is 0 Å². The molecule has 0 bridgehead atoms. The topological polar surface area (TPSA) is 45.2 Å². The van der Waals surface area contributed by atoms with Crippen LogP contribution in [0.4, 0.5) is 0 Å². The van der Waals surface area contributed by atoms with Crippen LogP contribution >= 0.6 is 0 Å². The highest BCUT2D eigenvalue weighted by Crippen LogP contribution is 2.24. The Hall–Kier alpha value is -2.72. The van der Waals surface area contributed by atoms with Gasteiger partial charge in [-0.2, -0.15) is 0 Å². The minimum absolute atomic E-state index is 0.0456. The lowest BCUT2D eigenvalue weighted by molar-refractivity contribution is 0.0785. The highest BCUT2D eigenvalue weighted by atomic mass is 16.2. The Kier molecular flexibility index (Phi) is 5.16. The van der Waals surface area contributed by atoms with Gasteiger partial charge in [0.2, 0.25) is 0 Å². The molecule has 1 amide bonds. The van der Waals surface area contributed by atoms with Crippen LogP contribution in [-0.4, -0.2) is 35.9 Å². The van der Waals surface area contributed by atoms with Gasteiger partial charge >= 0.3 is 0 Å². The molecule has 1 aromatic heterocycles. The normalized spacial score (nSPS) is 17.0. The van der Waals surface area contributed by atoms with Crippen molar-refractivity contribution in [1.82, 2.24) is 15.2 Å². The zero-order valence-electron chi connectivity index (χ0n) is 15.7. The van der Waals surface area contributed by atoms with Crippen LogP contribution in [0.2, 0.25) is 0 Å². The molecule has 0 unspecified atom stereocenters. The van der Waals surface area contributed by atoms with E-state index in [0.717, 1.165) is 35.1 Å². The predicted octanol–water partition coefficient (Wildman–Crippen LogP) is 3.97. The molecular formula is C23H25N3O. The molecule has 1 N–H and O–H groups in total. The van der Waals surface area contributed by atoms with Crippen LogP contribution in [0.1, 0.15) is 40.2 Å². The minimum Gasteiger partial charge on any atom is -0.337 e. The Morgan fingerprint density at radius 2 is 1.96 bits per heavy atom. The maximum atomic E-state index is 12.9. The second kappa shape index (κ2) is 7.89. The van der Waals surface area contributed by atoms with Crippen LogP contribution in [0.25, 0.3) is 10.9 Å². The van der Waals surface area contributed by atoms with Crippen molar-refractivity contribution >= 4 is 16.8 Å². The van der Waals surface area contributed by atoms with Gasteiger partial charge in [-0.25, -0.2) is 0 Å². The average Bonchev–Trinajstić information content (AvgIpc) is 2.74. The molecular weight excluding hydrogens is 334 g/mol. The summed E-state index contributed by atoms with van der Waals surface area (Å²) in [5, 5.41) is 4.55. The molecule has 138 valence electrons. The summed E-state index contributed by atoms with van der Waals surface area (Å²) >= 11 is 0. The van der Waals surface area contributed by atoms with Crippen LogP contribution in [0, 0.1) is 0 Å². The van der Waals surface area contributed by atoms with Gasteiger partial charge < -0.3 is 10.2 Å². The molecule has 4 heteroatoms. The van der Waals surface area contributed by atoms with E-state index in [2.05, 4.69) is 28.5 Å². The molecule has 27 heavy (non-hydrogen) atoms. The van der Waals surface area contributed by atoms with Crippen molar-refractivity contribution < 1.29 is 4.79 Å². The van der Waals surface area contributed by atoms with Crippen LogP contribution in [0.3, 0.4) is 0 Å². The van der Waals surface area contributed by atoms with Gasteiger partial charge in [-0.3, -0.25) is 9.78 Å². The van der Waals surface area contributed by atoms with E-state index in [0.29, 0.717) is 12.5 Å². The number of carbonyl (C=O) groups excluding carboxylic acids is 1. The summed E-state index contributed by atoms with van der Waals surface area (Å²) in [7, 11) is 1.86. The first-order chi connectivity index (χ1) is 13.2. The molecule has 1 aliphatic rings. The van der Waals surface area contributed by atoms with E-state index in [1.54, 1.807) is 4.90 Å². The van der Waals surface area contributed by atoms with E-state index in [-0.39, 0.29) is 5.91 Å². The summed E-state index contributed by atoms with van der Waals surface area (Å²) in [5.41, 5.74) is 4.13. The van der Waals surface area contributed by atoms with Crippen molar-refractivity contribution in [1.29, 1.82) is 0 Å². The first-order valence-corrected chi connectivity index (χ1v) is 9.61. The van der Waals surface area contributed by atoms with E-state index in [9.17, 15) is 4.79 Å². The molecule has 0 aliphatic carbocycles. The fourth-order valence-electron chi connectivity index (χ4n) is 3.87. The zero-order chi connectivity index (χ0) is 18.6. The number of pyridine rings is 1. The predicted molar refractivity (Wildman–Crippen MR) is 109 cm³/mol. The number of amides is 1. The molecule has 1 aliphatic heterocycles. The minimum atomic E-state index is 0.0456. The summed E-state index contributed by atoms with van der Waals surface area (Å²) in [6.45, 7) is 2.71. The van der Waals surface area contributed by atoms with Crippen LogP contribution in [0.15, 0.2) is 60.8 Å². The lowest BCUT2D eigenvalue weighted by atomic mass is 9.91. The number of hydrogen-bond acceptors (Lipinski definition) is 3. The van der Waals surface area contributed by atoms with Crippen molar-refractivity contribution in [2.45, 2.75) is 25.3 Å². The Bertz CT molecular complexity index is 925. The number of nitrogens with zero attached hydrogens (tertiary/aromatic N) is 2. The maximum Gasteiger partial charge on any atom is 0.253 e. The average molecular weight is 359 g/mol. The number of rotatable bonds is 4. The highest BCUT2D eigenvalue weighted by molar-refractivity contribution is 5.94. The molecule has 0 saturated carbocycles. The molecule has 2 aromatic carbocycles. The molecule has 1 atom stereocenters. The Labute approximate surface area is 160 Å². The van der Waals surface area contributed by atoms with Crippen molar-refractivity contribution in [3.63, 3.8) is 0 Å². The van der Waals surface area contributed by atoms with Crippen molar-refractivity contribution in [2.24, 2.45) is 0 Å². The number of fused-ring (bicyclic) bond motifs is 1. The second-order valence-corrected chi connectivity index (χ2v) is 7.31. The molecule has 4 rings (SSSR count). The van der Waals surface area contributed by atoms with E-state index >= 15 is 0 Å². The van der Waals surface area contributed by atoms with Crippen molar-refractivity contribution in [2.75, 3.05) is 20.1 Å². The summed E-state index contributed by atoms with van der Waals surface area (Å²) in [6, 6.07) is 18.2.